The molecular formula is C5H7NS. The van der Waals surface area contributed by atoms with Gasteiger partial charge in [-0.25, -0.2) is 0 Å². The molecule has 0 aromatic rings. The van der Waals surface area contributed by atoms with Gasteiger partial charge in [-0.3, -0.25) is 4.99 Å². The Kier molecular flexibility index (Phi) is 1.52. The first-order valence-corrected chi connectivity index (χ1v) is 3.22. The molecule has 38 valence electrons. The third-order valence-electron chi connectivity index (χ3n) is 0.783. The Morgan fingerprint density at radius 3 is 3.00 bits per heavy atom. The lowest BCUT2D eigenvalue weighted by Gasteiger charge is -1.80. The number of rotatable bonds is 1. The Labute approximate surface area is 47.5 Å². The van der Waals surface area contributed by atoms with E-state index in [1.807, 2.05) is 0 Å². The highest BCUT2D eigenvalue weighted by molar-refractivity contribution is 8.14. The van der Waals surface area contributed by atoms with E-state index >= 15 is 0 Å². The second-order valence-corrected chi connectivity index (χ2v) is 2.39. The Bertz CT molecular complexity index is 107. The van der Waals surface area contributed by atoms with Gasteiger partial charge < -0.3 is 0 Å². The molecule has 0 aliphatic carbocycles. The fourth-order valence-electron chi connectivity index (χ4n) is 0.475. The standard InChI is InChI=1S/C5H7NS/c1-2-5-6-3-4-7-5/h2H,1,3-4H2. The number of hydrogen-bond donors (Lipinski definition) is 0. The zero-order valence-corrected chi connectivity index (χ0v) is 4.87. The van der Waals surface area contributed by atoms with Gasteiger partial charge in [-0.05, 0) is 6.08 Å². The molecule has 2 heteroatoms. The van der Waals surface area contributed by atoms with Crippen molar-refractivity contribution in [3.05, 3.63) is 12.7 Å². The summed E-state index contributed by atoms with van der Waals surface area (Å²) in [7, 11) is 0. The topological polar surface area (TPSA) is 12.4 Å². The Morgan fingerprint density at radius 1 is 1.86 bits per heavy atom. The van der Waals surface area contributed by atoms with E-state index in [1.165, 1.54) is 0 Å². The molecule has 0 amide bonds. The summed E-state index contributed by atoms with van der Waals surface area (Å²) in [6, 6.07) is 0. The van der Waals surface area contributed by atoms with Gasteiger partial charge in [-0.2, -0.15) is 0 Å². The van der Waals surface area contributed by atoms with Gasteiger partial charge in [0.2, 0.25) is 0 Å². The zero-order valence-electron chi connectivity index (χ0n) is 4.05. The molecule has 0 bridgehead atoms. The van der Waals surface area contributed by atoms with Gasteiger partial charge in [0.1, 0.15) is 0 Å². The molecule has 0 aromatic heterocycles. The molecule has 1 rings (SSSR count). The van der Waals surface area contributed by atoms with Gasteiger partial charge in [-0.15, -0.1) is 11.8 Å². The van der Waals surface area contributed by atoms with Crippen molar-refractivity contribution in [3.63, 3.8) is 0 Å². The van der Waals surface area contributed by atoms with Crippen molar-refractivity contribution in [2.45, 2.75) is 0 Å². The Morgan fingerprint density at radius 2 is 2.71 bits per heavy atom. The summed E-state index contributed by atoms with van der Waals surface area (Å²) in [6.07, 6.45) is 1.80. The Hall–Kier alpha value is -0.240. The number of nitrogens with zero attached hydrogens (tertiary/aromatic N) is 1. The smallest absolute Gasteiger partial charge is 0.0899 e. The minimum atomic E-state index is 0.978. The van der Waals surface area contributed by atoms with Gasteiger partial charge in [0.25, 0.3) is 0 Å². The molecule has 0 saturated carbocycles. The van der Waals surface area contributed by atoms with E-state index in [9.17, 15) is 0 Å². The third kappa shape index (κ3) is 1.06. The number of hydrogen-bond acceptors (Lipinski definition) is 2. The molecule has 0 saturated heterocycles. The normalized spacial score (nSPS) is 19.1. The van der Waals surface area contributed by atoms with Crippen LogP contribution in [0.3, 0.4) is 0 Å². The fourth-order valence-corrected chi connectivity index (χ4v) is 1.17. The monoisotopic (exact) mass is 113 g/mol. The van der Waals surface area contributed by atoms with Gasteiger partial charge in [-0.1, -0.05) is 6.58 Å². The molecule has 0 aromatic carbocycles. The van der Waals surface area contributed by atoms with Crippen molar-refractivity contribution in [1.29, 1.82) is 0 Å². The maximum Gasteiger partial charge on any atom is 0.0899 e. The second-order valence-electron chi connectivity index (χ2n) is 1.27. The van der Waals surface area contributed by atoms with Crippen LogP contribution in [-0.2, 0) is 0 Å². The highest BCUT2D eigenvalue weighted by Gasteiger charge is 1.99. The van der Waals surface area contributed by atoms with Crippen molar-refractivity contribution in [2.24, 2.45) is 4.99 Å². The van der Waals surface area contributed by atoms with Crippen molar-refractivity contribution >= 4 is 16.8 Å². The molecule has 0 N–H and O–H groups in total. The van der Waals surface area contributed by atoms with Crippen LogP contribution in [0, 0.1) is 0 Å². The second kappa shape index (κ2) is 2.17. The average molecular weight is 113 g/mol. The van der Waals surface area contributed by atoms with E-state index in [1.54, 1.807) is 17.8 Å². The number of thioether (sulfide) groups is 1. The van der Waals surface area contributed by atoms with E-state index in [0.717, 1.165) is 17.3 Å². The van der Waals surface area contributed by atoms with Crippen LogP contribution < -0.4 is 0 Å². The SMILES string of the molecule is C=CC1=NCCS1. The van der Waals surface area contributed by atoms with Crippen LogP contribution >= 0.6 is 11.8 Å². The fraction of sp³-hybridized carbons (Fsp3) is 0.400. The van der Waals surface area contributed by atoms with Crippen molar-refractivity contribution in [3.8, 4) is 0 Å². The van der Waals surface area contributed by atoms with E-state index in [-0.39, 0.29) is 0 Å². The Balaban J connectivity index is 2.51. The van der Waals surface area contributed by atoms with Crippen molar-refractivity contribution in [1.82, 2.24) is 0 Å². The first-order chi connectivity index (χ1) is 3.43. The van der Waals surface area contributed by atoms with Crippen molar-refractivity contribution < 1.29 is 0 Å². The first kappa shape index (κ1) is 4.91. The predicted octanol–water partition coefficient (Wildman–Crippen LogP) is 1.32. The van der Waals surface area contributed by atoms with E-state index in [2.05, 4.69) is 11.6 Å². The maximum atomic E-state index is 4.12. The van der Waals surface area contributed by atoms with Crippen LogP contribution in [0.25, 0.3) is 0 Å². The largest absolute Gasteiger partial charge is 0.278 e. The van der Waals surface area contributed by atoms with E-state index in [4.69, 9.17) is 0 Å². The van der Waals surface area contributed by atoms with E-state index in [0.29, 0.717) is 0 Å². The lowest BCUT2D eigenvalue weighted by Crippen LogP contribution is -1.73. The van der Waals surface area contributed by atoms with Gasteiger partial charge in [0, 0.05) is 12.3 Å². The molecule has 1 heterocycles. The number of aliphatic imine (C=N–C) groups is 1. The zero-order chi connectivity index (χ0) is 5.11. The highest BCUT2D eigenvalue weighted by atomic mass is 32.2. The summed E-state index contributed by atoms with van der Waals surface area (Å²) in [4.78, 5) is 4.12. The lowest BCUT2D eigenvalue weighted by molar-refractivity contribution is 1.18. The molecule has 1 nitrogen and oxygen atoms in total. The van der Waals surface area contributed by atoms with Crippen LogP contribution in [0.15, 0.2) is 17.6 Å². The molecule has 0 atom stereocenters. The summed E-state index contributed by atoms with van der Waals surface area (Å²) in [6.45, 7) is 4.57. The van der Waals surface area contributed by atoms with Crippen LogP contribution in [0.4, 0.5) is 0 Å². The molecule has 0 radical (unpaired) electrons. The van der Waals surface area contributed by atoms with Crippen LogP contribution in [0.5, 0.6) is 0 Å². The summed E-state index contributed by atoms with van der Waals surface area (Å²) in [5.41, 5.74) is 0. The minimum absolute atomic E-state index is 0.978. The quantitative estimate of drug-likeness (QED) is 0.499. The molecule has 0 fully saturated rings. The average Bonchev–Trinajstić information content (AvgIpc) is 2.14. The van der Waals surface area contributed by atoms with E-state index < -0.39 is 0 Å². The van der Waals surface area contributed by atoms with Crippen LogP contribution in [0.2, 0.25) is 0 Å². The van der Waals surface area contributed by atoms with Gasteiger partial charge in [0.05, 0.1) is 5.04 Å². The van der Waals surface area contributed by atoms with Crippen molar-refractivity contribution in [2.75, 3.05) is 12.3 Å². The van der Waals surface area contributed by atoms with Crippen LogP contribution in [-0.4, -0.2) is 17.3 Å². The first-order valence-electron chi connectivity index (χ1n) is 2.23. The molecule has 1 aliphatic rings. The van der Waals surface area contributed by atoms with Crippen LogP contribution in [0.1, 0.15) is 0 Å². The summed E-state index contributed by atoms with van der Waals surface area (Å²) < 4.78 is 0. The third-order valence-corrected chi connectivity index (χ3v) is 1.76. The summed E-state index contributed by atoms with van der Waals surface area (Å²) >= 11 is 1.77. The molecule has 1 aliphatic heterocycles. The summed E-state index contributed by atoms with van der Waals surface area (Å²) in [5.74, 6) is 1.14. The van der Waals surface area contributed by atoms with Gasteiger partial charge >= 0.3 is 0 Å². The molecular weight excluding hydrogens is 106 g/mol. The highest BCUT2D eigenvalue weighted by Crippen LogP contribution is 2.10. The molecule has 0 unspecified atom stereocenters. The maximum absolute atomic E-state index is 4.12. The summed E-state index contributed by atoms with van der Waals surface area (Å²) in [5, 5.41) is 1.10. The molecule has 0 spiro atoms. The molecule has 7 heavy (non-hydrogen) atoms. The predicted molar refractivity (Wildman–Crippen MR) is 35.0 cm³/mol. The minimum Gasteiger partial charge on any atom is -0.278 e. The van der Waals surface area contributed by atoms with Gasteiger partial charge in [0.15, 0.2) is 0 Å². The lowest BCUT2D eigenvalue weighted by atomic mass is 10.7.